The number of hydrogen-bond donors (Lipinski definition) is 2. The Morgan fingerprint density at radius 3 is 2.50 bits per heavy atom. The van der Waals surface area contributed by atoms with Crippen LogP contribution in [0.5, 0.6) is 0 Å². The molecule has 1 aliphatic rings. The number of rotatable bonds is 3. The number of benzene rings is 1. The summed E-state index contributed by atoms with van der Waals surface area (Å²) >= 11 is 0. The Balaban J connectivity index is 1.83. The lowest BCUT2D eigenvalue weighted by Crippen LogP contribution is -2.47. The van der Waals surface area contributed by atoms with E-state index in [1.807, 2.05) is 0 Å². The van der Waals surface area contributed by atoms with Crippen molar-refractivity contribution in [3.05, 3.63) is 35.6 Å². The lowest BCUT2D eigenvalue weighted by atomic mass is 9.89. The van der Waals surface area contributed by atoms with E-state index in [1.54, 1.807) is 12.1 Å². The van der Waals surface area contributed by atoms with Crippen LogP contribution in [0.4, 0.5) is 4.39 Å². The SMILES string of the molecule is O[C@@H]1CC[C@H]1NCc1ccc(F)cc1. The van der Waals surface area contributed by atoms with Crippen LogP contribution in [-0.2, 0) is 6.54 Å². The monoisotopic (exact) mass is 195 g/mol. The molecule has 76 valence electrons. The summed E-state index contributed by atoms with van der Waals surface area (Å²) in [4.78, 5) is 0. The van der Waals surface area contributed by atoms with Crippen molar-refractivity contribution >= 4 is 0 Å². The molecule has 1 saturated carbocycles. The molecule has 14 heavy (non-hydrogen) atoms. The van der Waals surface area contributed by atoms with Gasteiger partial charge in [-0.3, -0.25) is 0 Å². The van der Waals surface area contributed by atoms with E-state index >= 15 is 0 Å². The molecule has 0 radical (unpaired) electrons. The molecule has 0 unspecified atom stereocenters. The van der Waals surface area contributed by atoms with Gasteiger partial charge in [0, 0.05) is 12.6 Å². The molecule has 2 N–H and O–H groups in total. The van der Waals surface area contributed by atoms with Gasteiger partial charge in [-0.25, -0.2) is 4.39 Å². The fraction of sp³-hybridized carbons (Fsp3) is 0.455. The van der Waals surface area contributed by atoms with Crippen molar-refractivity contribution in [1.82, 2.24) is 5.32 Å². The van der Waals surface area contributed by atoms with E-state index in [-0.39, 0.29) is 18.0 Å². The zero-order valence-corrected chi connectivity index (χ0v) is 7.91. The first-order chi connectivity index (χ1) is 6.75. The van der Waals surface area contributed by atoms with E-state index in [1.165, 1.54) is 12.1 Å². The number of hydrogen-bond acceptors (Lipinski definition) is 2. The van der Waals surface area contributed by atoms with Crippen LogP contribution in [0.15, 0.2) is 24.3 Å². The van der Waals surface area contributed by atoms with Crippen molar-refractivity contribution < 1.29 is 9.50 Å². The summed E-state index contributed by atoms with van der Waals surface area (Å²) in [5.41, 5.74) is 1.05. The van der Waals surface area contributed by atoms with E-state index < -0.39 is 0 Å². The third-order valence-corrected chi connectivity index (χ3v) is 2.72. The number of nitrogens with one attached hydrogen (secondary N) is 1. The predicted octanol–water partition coefficient (Wildman–Crippen LogP) is 1.44. The molecular formula is C11H14FNO. The Kier molecular flexibility index (Phi) is 2.79. The van der Waals surface area contributed by atoms with Gasteiger partial charge in [0.25, 0.3) is 0 Å². The van der Waals surface area contributed by atoms with Crippen LogP contribution in [0.2, 0.25) is 0 Å². The van der Waals surface area contributed by atoms with E-state index in [2.05, 4.69) is 5.32 Å². The standard InChI is InChI=1S/C11H14FNO/c12-9-3-1-8(2-4-9)7-13-10-5-6-11(10)14/h1-4,10-11,13-14H,5-7H2/t10-,11-/m1/s1. The molecule has 3 heteroatoms. The summed E-state index contributed by atoms with van der Waals surface area (Å²) in [6.07, 6.45) is 1.72. The highest BCUT2D eigenvalue weighted by Crippen LogP contribution is 2.19. The normalized spacial score (nSPS) is 25.9. The molecule has 1 aliphatic carbocycles. The molecule has 0 spiro atoms. The van der Waals surface area contributed by atoms with E-state index in [0.717, 1.165) is 18.4 Å². The minimum Gasteiger partial charge on any atom is -0.392 e. The summed E-state index contributed by atoms with van der Waals surface area (Å²) in [6.45, 7) is 0.696. The average molecular weight is 195 g/mol. The van der Waals surface area contributed by atoms with Gasteiger partial charge in [-0.05, 0) is 30.5 Å². The fourth-order valence-corrected chi connectivity index (χ4v) is 1.57. The zero-order chi connectivity index (χ0) is 9.97. The quantitative estimate of drug-likeness (QED) is 0.765. The third-order valence-electron chi connectivity index (χ3n) is 2.72. The van der Waals surface area contributed by atoms with Gasteiger partial charge < -0.3 is 10.4 Å². The van der Waals surface area contributed by atoms with Crippen molar-refractivity contribution in [3.63, 3.8) is 0 Å². The highest BCUT2D eigenvalue weighted by atomic mass is 19.1. The summed E-state index contributed by atoms with van der Waals surface area (Å²) in [6, 6.07) is 6.64. The Morgan fingerprint density at radius 2 is 2.00 bits per heavy atom. The van der Waals surface area contributed by atoms with Crippen LogP contribution in [0.25, 0.3) is 0 Å². The first kappa shape index (κ1) is 9.62. The number of halogens is 1. The predicted molar refractivity (Wildman–Crippen MR) is 52.3 cm³/mol. The van der Waals surface area contributed by atoms with Gasteiger partial charge >= 0.3 is 0 Å². The fourth-order valence-electron chi connectivity index (χ4n) is 1.57. The summed E-state index contributed by atoms with van der Waals surface area (Å²) in [7, 11) is 0. The lowest BCUT2D eigenvalue weighted by molar-refractivity contribution is 0.0493. The van der Waals surface area contributed by atoms with E-state index in [0.29, 0.717) is 6.54 Å². The zero-order valence-electron chi connectivity index (χ0n) is 7.91. The van der Waals surface area contributed by atoms with Crippen molar-refractivity contribution in [2.24, 2.45) is 0 Å². The summed E-state index contributed by atoms with van der Waals surface area (Å²) in [5, 5.41) is 12.5. The van der Waals surface area contributed by atoms with Crippen molar-refractivity contribution in [2.45, 2.75) is 31.5 Å². The van der Waals surface area contributed by atoms with Crippen molar-refractivity contribution in [3.8, 4) is 0 Å². The molecule has 0 heterocycles. The van der Waals surface area contributed by atoms with Crippen LogP contribution in [-0.4, -0.2) is 17.3 Å². The molecule has 0 aromatic heterocycles. The minimum atomic E-state index is -0.211. The first-order valence-corrected chi connectivity index (χ1v) is 4.91. The third kappa shape index (κ3) is 2.11. The van der Waals surface area contributed by atoms with Gasteiger partial charge in [-0.1, -0.05) is 12.1 Å². The largest absolute Gasteiger partial charge is 0.392 e. The lowest BCUT2D eigenvalue weighted by Gasteiger charge is -2.33. The summed E-state index contributed by atoms with van der Waals surface area (Å²) in [5.74, 6) is -0.211. The molecule has 2 nitrogen and oxygen atoms in total. The molecule has 0 amide bonds. The van der Waals surface area contributed by atoms with Crippen LogP contribution >= 0.6 is 0 Å². The molecule has 0 saturated heterocycles. The Bertz CT molecular complexity index is 299. The van der Waals surface area contributed by atoms with E-state index in [4.69, 9.17) is 0 Å². The highest BCUT2D eigenvalue weighted by Gasteiger charge is 2.27. The van der Waals surface area contributed by atoms with Crippen molar-refractivity contribution in [2.75, 3.05) is 0 Å². The maximum absolute atomic E-state index is 12.6. The van der Waals surface area contributed by atoms with Gasteiger partial charge in [-0.2, -0.15) is 0 Å². The van der Waals surface area contributed by atoms with Crippen LogP contribution in [0, 0.1) is 5.82 Å². The van der Waals surface area contributed by atoms with Gasteiger partial charge in [0.05, 0.1) is 6.10 Å². The first-order valence-electron chi connectivity index (χ1n) is 4.91. The second kappa shape index (κ2) is 4.07. The topological polar surface area (TPSA) is 32.3 Å². The Hall–Kier alpha value is -0.930. The van der Waals surface area contributed by atoms with Gasteiger partial charge in [0.1, 0.15) is 5.82 Å². The molecule has 2 rings (SSSR count). The van der Waals surface area contributed by atoms with Crippen molar-refractivity contribution in [1.29, 1.82) is 0 Å². The number of aliphatic hydroxyl groups is 1. The van der Waals surface area contributed by atoms with Crippen LogP contribution < -0.4 is 5.32 Å². The smallest absolute Gasteiger partial charge is 0.123 e. The highest BCUT2D eigenvalue weighted by molar-refractivity contribution is 5.16. The molecule has 0 aliphatic heterocycles. The van der Waals surface area contributed by atoms with Gasteiger partial charge in [0.15, 0.2) is 0 Å². The average Bonchev–Trinajstić information content (AvgIpc) is 2.19. The molecule has 0 bridgehead atoms. The maximum atomic E-state index is 12.6. The molecule has 1 aromatic rings. The summed E-state index contributed by atoms with van der Waals surface area (Å²) < 4.78 is 12.6. The van der Waals surface area contributed by atoms with Gasteiger partial charge in [0.2, 0.25) is 0 Å². The maximum Gasteiger partial charge on any atom is 0.123 e. The second-order valence-corrected chi connectivity index (χ2v) is 3.76. The molecule has 2 atom stereocenters. The van der Waals surface area contributed by atoms with E-state index in [9.17, 15) is 9.50 Å². The molecule has 1 fully saturated rings. The second-order valence-electron chi connectivity index (χ2n) is 3.76. The Labute approximate surface area is 82.8 Å². The molecule has 1 aromatic carbocycles. The minimum absolute atomic E-state index is 0.199. The van der Waals surface area contributed by atoms with Crippen LogP contribution in [0.3, 0.4) is 0 Å². The Morgan fingerprint density at radius 1 is 1.29 bits per heavy atom. The van der Waals surface area contributed by atoms with Crippen LogP contribution in [0.1, 0.15) is 18.4 Å². The van der Waals surface area contributed by atoms with Gasteiger partial charge in [-0.15, -0.1) is 0 Å². The molecular weight excluding hydrogens is 181 g/mol. The number of aliphatic hydroxyl groups excluding tert-OH is 1.